The van der Waals surface area contributed by atoms with Gasteiger partial charge >= 0.3 is 0 Å². The molecule has 0 saturated carbocycles. The van der Waals surface area contributed by atoms with Crippen LogP contribution in [-0.2, 0) is 9.59 Å². The number of methoxy groups -OCH3 is 3. The Morgan fingerprint density at radius 1 is 0.929 bits per heavy atom. The molecule has 0 saturated heterocycles. The number of amides is 2. The van der Waals surface area contributed by atoms with Crippen molar-refractivity contribution in [1.29, 1.82) is 0 Å². The van der Waals surface area contributed by atoms with Crippen molar-refractivity contribution in [2.75, 3.05) is 26.6 Å². The maximum Gasteiger partial charge on any atom is 0.272 e. The molecule has 0 aliphatic carbocycles. The molecule has 148 valence electrons. The first-order valence-electron chi connectivity index (χ1n) is 8.24. The number of rotatable bonds is 7. The molecule has 8 heteroatoms. The van der Waals surface area contributed by atoms with E-state index >= 15 is 0 Å². The van der Waals surface area contributed by atoms with E-state index < -0.39 is 5.91 Å². The molecule has 0 unspecified atom stereocenters. The van der Waals surface area contributed by atoms with Gasteiger partial charge in [-0.2, -0.15) is 0 Å². The van der Waals surface area contributed by atoms with Crippen LogP contribution in [0, 0.1) is 0 Å². The first-order valence-corrected chi connectivity index (χ1v) is 8.62. The van der Waals surface area contributed by atoms with Gasteiger partial charge in [0.05, 0.1) is 26.4 Å². The Kier molecular flexibility index (Phi) is 7.28. The third-order valence-electron chi connectivity index (χ3n) is 3.68. The van der Waals surface area contributed by atoms with E-state index in [1.54, 1.807) is 36.4 Å². The first kappa shape index (κ1) is 21.1. The van der Waals surface area contributed by atoms with E-state index in [-0.39, 0.29) is 11.6 Å². The molecular formula is C20H21ClN2O5. The lowest BCUT2D eigenvalue weighted by molar-refractivity contribution is -0.120. The molecule has 0 heterocycles. The second-order valence-electron chi connectivity index (χ2n) is 5.66. The summed E-state index contributed by atoms with van der Waals surface area (Å²) in [6, 6.07) is 9.97. The summed E-state index contributed by atoms with van der Waals surface area (Å²) in [7, 11) is 4.55. The van der Waals surface area contributed by atoms with E-state index in [1.165, 1.54) is 34.3 Å². The highest BCUT2D eigenvalue weighted by atomic mass is 35.5. The smallest absolute Gasteiger partial charge is 0.272 e. The Morgan fingerprint density at radius 3 is 2.14 bits per heavy atom. The largest absolute Gasteiger partial charge is 0.495 e. The number of nitrogens with one attached hydrogen (secondary N) is 2. The number of hydrogen-bond acceptors (Lipinski definition) is 5. The summed E-state index contributed by atoms with van der Waals surface area (Å²) < 4.78 is 15.6. The number of carbonyl (C=O) groups is 2. The standard InChI is InChI=1S/C20H21ClN2O5/c1-12(24)22-16(9-13-5-7-18(27-3)19(10-13)28-4)20(25)23-14-6-8-17(26-2)15(21)11-14/h5-11H,1-4H3,(H,22,24)(H,23,25)/b16-9-. The Balaban J connectivity index is 2.32. The molecule has 0 spiro atoms. The Labute approximate surface area is 168 Å². The third kappa shape index (κ3) is 5.40. The van der Waals surface area contributed by atoms with Gasteiger partial charge in [0.1, 0.15) is 11.4 Å². The fourth-order valence-corrected chi connectivity index (χ4v) is 2.66. The lowest BCUT2D eigenvalue weighted by Gasteiger charge is -2.12. The minimum atomic E-state index is -0.508. The molecule has 0 bridgehead atoms. The second kappa shape index (κ2) is 9.66. The summed E-state index contributed by atoms with van der Waals surface area (Å²) in [5.74, 6) is 0.655. The topological polar surface area (TPSA) is 85.9 Å². The monoisotopic (exact) mass is 404 g/mol. The van der Waals surface area contributed by atoms with Gasteiger partial charge in [0.15, 0.2) is 11.5 Å². The van der Waals surface area contributed by atoms with Crippen LogP contribution in [0.1, 0.15) is 12.5 Å². The van der Waals surface area contributed by atoms with Crippen molar-refractivity contribution in [1.82, 2.24) is 5.32 Å². The predicted molar refractivity (Wildman–Crippen MR) is 108 cm³/mol. The molecule has 0 radical (unpaired) electrons. The maximum atomic E-state index is 12.7. The van der Waals surface area contributed by atoms with Gasteiger partial charge in [-0.15, -0.1) is 0 Å². The van der Waals surface area contributed by atoms with Gasteiger partial charge in [0.2, 0.25) is 5.91 Å². The van der Waals surface area contributed by atoms with E-state index in [4.69, 9.17) is 25.8 Å². The lowest BCUT2D eigenvalue weighted by Crippen LogP contribution is -2.28. The SMILES string of the molecule is COc1ccc(NC(=O)/C(=C/c2ccc(OC)c(OC)c2)NC(C)=O)cc1Cl. The van der Waals surface area contributed by atoms with Crippen molar-refractivity contribution in [3.8, 4) is 17.2 Å². The average Bonchev–Trinajstić information content (AvgIpc) is 2.67. The zero-order valence-electron chi connectivity index (χ0n) is 16.0. The number of hydrogen-bond donors (Lipinski definition) is 2. The van der Waals surface area contributed by atoms with Crippen molar-refractivity contribution < 1.29 is 23.8 Å². The summed E-state index contributed by atoms with van der Waals surface area (Å²) in [4.78, 5) is 24.2. The maximum absolute atomic E-state index is 12.7. The molecule has 0 aliphatic rings. The molecule has 0 fully saturated rings. The predicted octanol–water partition coefficient (Wildman–Crippen LogP) is 3.48. The summed E-state index contributed by atoms with van der Waals surface area (Å²) in [6.07, 6.45) is 1.53. The fourth-order valence-electron chi connectivity index (χ4n) is 2.40. The molecule has 7 nitrogen and oxygen atoms in total. The average molecular weight is 405 g/mol. The van der Waals surface area contributed by atoms with Gasteiger partial charge in [-0.3, -0.25) is 9.59 Å². The van der Waals surface area contributed by atoms with Gasteiger partial charge in [-0.25, -0.2) is 0 Å². The van der Waals surface area contributed by atoms with Crippen LogP contribution in [0.5, 0.6) is 17.2 Å². The fraction of sp³-hybridized carbons (Fsp3) is 0.200. The molecule has 2 rings (SSSR count). The molecule has 28 heavy (non-hydrogen) atoms. The zero-order valence-corrected chi connectivity index (χ0v) is 16.7. The van der Waals surface area contributed by atoms with Crippen LogP contribution in [0.25, 0.3) is 6.08 Å². The number of halogens is 1. The molecule has 2 aromatic rings. The van der Waals surface area contributed by atoms with Gasteiger partial charge in [-0.05, 0) is 42.0 Å². The van der Waals surface area contributed by atoms with Crippen molar-refractivity contribution in [3.63, 3.8) is 0 Å². The molecule has 2 aromatic carbocycles. The van der Waals surface area contributed by atoms with Crippen LogP contribution in [0.15, 0.2) is 42.1 Å². The summed E-state index contributed by atoms with van der Waals surface area (Å²) >= 11 is 6.08. The van der Waals surface area contributed by atoms with Crippen LogP contribution in [0.2, 0.25) is 5.02 Å². The van der Waals surface area contributed by atoms with E-state index in [9.17, 15) is 9.59 Å². The molecule has 2 N–H and O–H groups in total. The van der Waals surface area contributed by atoms with Crippen molar-refractivity contribution >= 4 is 35.2 Å². The molecule has 0 atom stereocenters. The molecule has 2 amide bonds. The molecular weight excluding hydrogens is 384 g/mol. The highest BCUT2D eigenvalue weighted by Gasteiger charge is 2.14. The number of carbonyl (C=O) groups excluding carboxylic acids is 2. The van der Waals surface area contributed by atoms with Gasteiger partial charge in [-0.1, -0.05) is 17.7 Å². The summed E-state index contributed by atoms with van der Waals surface area (Å²) in [5, 5.41) is 5.58. The number of benzene rings is 2. The van der Waals surface area contributed by atoms with Gasteiger partial charge in [0.25, 0.3) is 5.91 Å². The van der Waals surface area contributed by atoms with Crippen LogP contribution in [-0.4, -0.2) is 33.1 Å². The van der Waals surface area contributed by atoms with Crippen molar-refractivity contribution in [2.45, 2.75) is 6.92 Å². The lowest BCUT2D eigenvalue weighted by atomic mass is 10.1. The normalized spacial score (nSPS) is 10.8. The Bertz CT molecular complexity index is 911. The molecule has 0 aromatic heterocycles. The van der Waals surface area contributed by atoms with Crippen molar-refractivity contribution in [2.24, 2.45) is 0 Å². The minimum absolute atomic E-state index is 0.0617. The van der Waals surface area contributed by atoms with E-state index in [1.807, 2.05) is 0 Å². The van der Waals surface area contributed by atoms with Crippen LogP contribution < -0.4 is 24.8 Å². The second-order valence-corrected chi connectivity index (χ2v) is 6.06. The van der Waals surface area contributed by atoms with Crippen molar-refractivity contribution in [3.05, 3.63) is 52.7 Å². The minimum Gasteiger partial charge on any atom is -0.495 e. The van der Waals surface area contributed by atoms with Crippen LogP contribution in [0.4, 0.5) is 5.69 Å². The van der Waals surface area contributed by atoms with Crippen LogP contribution >= 0.6 is 11.6 Å². The molecule has 0 aliphatic heterocycles. The highest BCUT2D eigenvalue weighted by Crippen LogP contribution is 2.29. The Hall–Kier alpha value is -3.19. The number of anilines is 1. The van der Waals surface area contributed by atoms with E-state index in [0.717, 1.165) is 0 Å². The summed E-state index contributed by atoms with van der Waals surface area (Å²) in [5.41, 5.74) is 1.16. The Morgan fingerprint density at radius 2 is 1.57 bits per heavy atom. The van der Waals surface area contributed by atoms with Gasteiger partial charge in [0, 0.05) is 12.6 Å². The van der Waals surface area contributed by atoms with Crippen LogP contribution in [0.3, 0.4) is 0 Å². The van der Waals surface area contributed by atoms with E-state index in [2.05, 4.69) is 10.6 Å². The zero-order chi connectivity index (χ0) is 20.7. The first-order chi connectivity index (χ1) is 13.4. The number of ether oxygens (including phenoxy) is 3. The van der Waals surface area contributed by atoms with Gasteiger partial charge < -0.3 is 24.8 Å². The summed E-state index contributed by atoms with van der Waals surface area (Å²) in [6.45, 7) is 1.32. The highest BCUT2D eigenvalue weighted by molar-refractivity contribution is 6.32. The quantitative estimate of drug-likeness (QED) is 0.690. The third-order valence-corrected chi connectivity index (χ3v) is 3.98. The van der Waals surface area contributed by atoms with E-state index in [0.29, 0.717) is 33.5 Å².